The summed E-state index contributed by atoms with van der Waals surface area (Å²) >= 11 is 0. The third kappa shape index (κ3) is 5.80. The number of piperidine rings is 1. The number of amides is 1. The molecule has 192 valence electrons. The van der Waals surface area contributed by atoms with E-state index in [2.05, 4.69) is 10.1 Å². The second-order valence-electron chi connectivity index (χ2n) is 8.72. The number of benzene rings is 2. The van der Waals surface area contributed by atoms with Gasteiger partial charge in [-0.1, -0.05) is 35.5 Å². The van der Waals surface area contributed by atoms with E-state index >= 15 is 0 Å². The van der Waals surface area contributed by atoms with Crippen LogP contribution >= 0.6 is 0 Å². The van der Waals surface area contributed by atoms with Crippen LogP contribution in [0.3, 0.4) is 0 Å². The molecular weight excluding hydrogens is 475 g/mol. The van der Waals surface area contributed by atoms with Gasteiger partial charge in [-0.15, -0.1) is 0 Å². The fourth-order valence-corrected chi connectivity index (χ4v) is 4.50. The summed E-state index contributed by atoms with van der Waals surface area (Å²) in [6.45, 7) is 0.860. The van der Waals surface area contributed by atoms with E-state index in [0.717, 1.165) is 0 Å². The Bertz CT molecular complexity index is 1160. The molecule has 1 saturated heterocycles. The average molecular weight is 504 g/mol. The van der Waals surface area contributed by atoms with Crippen molar-refractivity contribution in [2.45, 2.75) is 43.7 Å². The molecule has 0 saturated carbocycles. The molecule has 0 radical (unpaired) electrons. The molecule has 10 heteroatoms. The number of nitrogens with zero attached hydrogens (tertiary/aromatic N) is 3. The highest BCUT2D eigenvalue weighted by Crippen LogP contribution is 2.39. The maximum absolute atomic E-state index is 13.6. The lowest BCUT2D eigenvalue weighted by Gasteiger charge is -2.31. The number of halogens is 3. The Hall–Kier alpha value is -3.56. The summed E-state index contributed by atoms with van der Waals surface area (Å²) in [5.41, 5.74) is 0.895. The molecule has 0 N–H and O–H groups in total. The summed E-state index contributed by atoms with van der Waals surface area (Å²) in [5.74, 6) is 0.0867. The molecule has 2 heterocycles. The van der Waals surface area contributed by atoms with Crippen LogP contribution in [0.4, 0.5) is 13.2 Å². The van der Waals surface area contributed by atoms with Crippen molar-refractivity contribution in [3.8, 4) is 22.9 Å². The number of hydrogen-bond donors (Lipinski definition) is 0. The van der Waals surface area contributed by atoms with E-state index in [1.54, 1.807) is 55.5 Å². The lowest BCUT2D eigenvalue weighted by Crippen LogP contribution is -2.38. The van der Waals surface area contributed by atoms with E-state index in [1.807, 2.05) is 0 Å². The average Bonchev–Trinajstić information content (AvgIpc) is 3.38. The standard InChI is InChI=1S/C26H28F3N3O4/c1-34-21-10-8-19(16-22(21)35-2)24-30-25(36-31-24)18-12-14-32(15-13-18)23(33)11-9-20(26(27,28)29)17-6-4-3-5-7-17/h3-8,10,16,18,20H,9,11-15H2,1-2H3. The van der Waals surface area contributed by atoms with Crippen molar-refractivity contribution in [1.29, 1.82) is 0 Å². The molecule has 1 aliphatic heterocycles. The van der Waals surface area contributed by atoms with Crippen molar-refractivity contribution >= 4 is 5.91 Å². The van der Waals surface area contributed by atoms with Crippen LogP contribution in [0.25, 0.3) is 11.4 Å². The van der Waals surface area contributed by atoms with Crippen LogP contribution in [-0.2, 0) is 4.79 Å². The van der Waals surface area contributed by atoms with E-state index in [0.29, 0.717) is 54.7 Å². The first kappa shape index (κ1) is 25.5. The summed E-state index contributed by atoms with van der Waals surface area (Å²) in [5, 5.41) is 4.08. The van der Waals surface area contributed by atoms with Crippen molar-refractivity contribution in [2.24, 2.45) is 0 Å². The molecule has 1 aliphatic rings. The summed E-state index contributed by atoms with van der Waals surface area (Å²) in [4.78, 5) is 18.8. The number of rotatable bonds is 8. The molecule has 0 aliphatic carbocycles. The predicted molar refractivity (Wildman–Crippen MR) is 126 cm³/mol. The van der Waals surface area contributed by atoms with Crippen LogP contribution in [0.1, 0.15) is 49.0 Å². The first-order valence-corrected chi connectivity index (χ1v) is 11.8. The van der Waals surface area contributed by atoms with Gasteiger partial charge in [0, 0.05) is 31.0 Å². The van der Waals surface area contributed by atoms with Gasteiger partial charge in [0.05, 0.1) is 20.1 Å². The molecule has 0 bridgehead atoms. The zero-order valence-corrected chi connectivity index (χ0v) is 20.1. The topological polar surface area (TPSA) is 77.7 Å². The van der Waals surface area contributed by atoms with E-state index in [-0.39, 0.29) is 30.2 Å². The molecule has 36 heavy (non-hydrogen) atoms. The molecule has 1 unspecified atom stereocenters. The number of alkyl halides is 3. The Morgan fingerprint density at radius 1 is 1.08 bits per heavy atom. The highest BCUT2D eigenvalue weighted by molar-refractivity contribution is 5.76. The Kier molecular flexibility index (Phi) is 7.81. The zero-order chi connectivity index (χ0) is 25.7. The van der Waals surface area contributed by atoms with E-state index in [9.17, 15) is 18.0 Å². The van der Waals surface area contributed by atoms with Crippen LogP contribution in [0, 0.1) is 0 Å². The summed E-state index contributed by atoms with van der Waals surface area (Å²) in [6.07, 6.45) is -3.64. The van der Waals surface area contributed by atoms with E-state index in [4.69, 9.17) is 14.0 Å². The Balaban J connectivity index is 1.33. The highest BCUT2D eigenvalue weighted by Gasteiger charge is 2.41. The van der Waals surface area contributed by atoms with Crippen LogP contribution in [0.2, 0.25) is 0 Å². The molecule has 3 aromatic rings. The summed E-state index contributed by atoms with van der Waals surface area (Å²) < 4.78 is 56.8. The van der Waals surface area contributed by atoms with Gasteiger partial charge in [-0.25, -0.2) is 0 Å². The van der Waals surface area contributed by atoms with Gasteiger partial charge in [0.1, 0.15) is 0 Å². The van der Waals surface area contributed by atoms with Crippen LogP contribution < -0.4 is 9.47 Å². The second-order valence-corrected chi connectivity index (χ2v) is 8.72. The number of aromatic nitrogens is 2. The van der Waals surface area contributed by atoms with Gasteiger partial charge in [-0.3, -0.25) is 4.79 Å². The minimum absolute atomic E-state index is 0.0253. The summed E-state index contributed by atoms with van der Waals surface area (Å²) in [6, 6.07) is 13.1. The molecule has 1 atom stereocenters. The lowest BCUT2D eigenvalue weighted by atomic mass is 9.92. The van der Waals surface area contributed by atoms with E-state index < -0.39 is 12.1 Å². The number of carbonyl (C=O) groups excluding carboxylic acids is 1. The quantitative estimate of drug-likeness (QED) is 0.399. The normalized spacial score (nSPS) is 15.5. The molecule has 0 spiro atoms. The van der Waals surface area contributed by atoms with Gasteiger partial charge in [0.15, 0.2) is 11.5 Å². The molecule has 1 amide bonds. The van der Waals surface area contributed by atoms with E-state index in [1.165, 1.54) is 12.1 Å². The Morgan fingerprint density at radius 2 is 1.78 bits per heavy atom. The van der Waals surface area contributed by atoms with Crippen molar-refractivity contribution in [3.63, 3.8) is 0 Å². The third-order valence-corrected chi connectivity index (χ3v) is 6.52. The molecule has 2 aromatic carbocycles. The zero-order valence-electron chi connectivity index (χ0n) is 20.1. The predicted octanol–water partition coefficient (Wildman–Crippen LogP) is 5.59. The van der Waals surface area contributed by atoms with Crippen molar-refractivity contribution in [3.05, 3.63) is 60.0 Å². The number of carbonyl (C=O) groups is 1. The fourth-order valence-electron chi connectivity index (χ4n) is 4.50. The number of hydrogen-bond acceptors (Lipinski definition) is 6. The maximum atomic E-state index is 13.6. The van der Waals surface area contributed by atoms with Crippen LogP contribution in [0.5, 0.6) is 11.5 Å². The lowest BCUT2D eigenvalue weighted by molar-refractivity contribution is -0.154. The molecule has 1 aromatic heterocycles. The number of ether oxygens (including phenoxy) is 2. The number of likely N-dealkylation sites (tertiary alicyclic amines) is 1. The highest BCUT2D eigenvalue weighted by atomic mass is 19.4. The minimum Gasteiger partial charge on any atom is -0.493 e. The first-order valence-electron chi connectivity index (χ1n) is 11.8. The molecule has 1 fully saturated rings. The van der Waals surface area contributed by atoms with Gasteiger partial charge in [-0.05, 0) is 43.0 Å². The minimum atomic E-state index is -4.40. The van der Waals surface area contributed by atoms with Crippen molar-refractivity contribution in [2.75, 3.05) is 27.3 Å². The first-order chi connectivity index (χ1) is 17.3. The monoisotopic (exact) mass is 503 g/mol. The van der Waals surface area contributed by atoms with Gasteiger partial charge >= 0.3 is 6.18 Å². The fraction of sp³-hybridized carbons (Fsp3) is 0.423. The Labute approximate surface area is 207 Å². The smallest absolute Gasteiger partial charge is 0.395 e. The third-order valence-electron chi connectivity index (χ3n) is 6.52. The van der Waals surface area contributed by atoms with Gasteiger partial charge in [-0.2, -0.15) is 18.2 Å². The molecular formula is C26H28F3N3O4. The van der Waals surface area contributed by atoms with Crippen molar-refractivity contribution in [1.82, 2.24) is 15.0 Å². The Morgan fingerprint density at radius 3 is 2.42 bits per heavy atom. The van der Waals surface area contributed by atoms with Crippen molar-refractivity contribution < 1.29 is 32.0 Å². The van der Waals surface area contributed by atoms with Crippen LogP contribution in [0.15, 0.2) is 53.1 Å². The van der Waals surface area contributed by atoms with Gasteiger partial charge < -0.3 is 18.9 Å². The molecule has 4 rings (SSSR count). The van der Waals surface area contributed by atoms with Gasteiger partial charge in [0.25, 0.3) is 0 Å². The number of methoxy groups -OCH3 is 2. The largest absolute Gasteiger partial charge is 0.493 e. The van der Waals surface area contributed by atoms with Crippen LogP contribution in [-0.4, -0.2) is 54.4 Å². The SMILES string of the molecule is COc1ccc(-c2noc(C3CCN(C(=O)CCC(c4ccccc4)C(F)(F)F)CC3)n2)cc1OC. The van der Waals surface area contributed by atoms with Gasteiger partial charge in [0.2, 0.25) is 17.6 Å². The summed E-state index contributed by atoms with van der Waals surface area (Å²) in [7, 11) is 3.10. The maximum Gasteiger partial charge on any atom is 0.395 e. The molecule has 7 nitrogen and oxygen atoms in total. The second kappa shape index (κ2) is 11.0.